The van der Waals surface area contributed by atoms with Crippen LogP contribution >= 0.6 is 0 Å². The van der Waals surface area contributed by atoms with Crippen LogP contribution in [0.25, 0.3) is 0 Å². The molecule has 0 radical (unpaired) electrons. The van der Waals surface area contributed by atoms with E-state index in [0.29, 0.717) is 37.4 Å². The summed E-state index contributed by atoms with van der Waals surface area (Å²) in [4.78, 5) is 26.9. The van der Waals surface area contributed by atoms with Crippen LogP contribution in [0.4, 0.5) is 0 Å². The number of hydrogen-bond acceptors (Lipinski definition) is 4. The lowest BCUT2D eigenvalue weighted by molar-refractivity contribution is -0.131. The largest absolute Gasteiger partial charge is 0.497 e. The highest BCUT2D eigenvalue weighted by Gasteiger charge is 2.24. The predicted octanol–water partition coefficient (Wildman–Crippen LogP) is 3.06. The quantitative estimate of drug-likeness (QED) is 0.781. The second-order valence-corrected chi connectivity index (χ2v) is 7.11. The molecule has 3 rings (SSSR count). The highest BCUT2D eigenvalue weighted by atomic mass is 16.5. The van der Waals surface area contributed by atoms with E-state index in [2.05, 4.69) is 5.32 Å². The van der Waals surface area contributed by atoms with E-state index in [1.54, 1.807) is 25.3 Å². The number of carbonyl (C=O) groups is 2. The van der Waals surface area contributed by atoms with Crippen molar-refractivity contribution in [3.05, 3.63) is 59.7 Å². The van der Waals surface area contributed by atoms with Gasteiger partial charge in [-0.2, -0.15) is 0 Å². The van der Waals surface area contributed by atoms with E-state index in [9.17, 15) is 9.59 Å². The number of hydrogen-bond donors (Lipinski definition) is 1. The van der Waals surface area contributed by atoms with Crippen LogP contribution in [0.3, 0.4) is 0 Å². The second-order valence-electron chi connectivity index (χ2n) is 7.11. The molecule has 0 spiro atoms. The molecule has 1 aliphatic rings. The average molecular weight is 396 g/mol. The number of piperidine rings is 1. The monoisotopic (exact) mass is 396 g/mol. The van der Waals surface area contributed by atoms with Gasteiger partial charge >= 0.3 is 0 Å². The van der Waals surface area contributed by atoms with Crippen LogP contribution in [0.15, 0.2) is 48.5 Å². The minimum Gasteiger partial charge on any atom is -0.497 e. The molecule has 154 valence electrons. The number of ether oxygens (including phenoxy) is 2. The second kappa shape index (κ2) is 9.96. The molecule has 0 unspecified atom stereocenters. The first-order valence-electron chi connectivity index (χ1n) is 10.0. The molecular weight excluding hydrogens is 368 g/mol. The van der Waals surface area contributed by atoms with Crippen molar-refractivity contribution in [2.75, 3.05) is 26.8 Å². The van der Waals surface area contributed by atoms with Gasteiger partial charge in [0.2, 0.25) is 5.91 Å². The average Bonchev–Trinajstić information content (AvgIpc) is 2.76. The summed E-state index contributed by atoms with van der Waals surface area (Å²) in [5, 5.41) is 3.07. The van der Waals surface area contributed by atoms with Gasteiger partial charge in [0.25, 0.3) is 5.91 Å². The Hall–Kier alpha value is -3.02. The van der Waals surface area contributed by atoms with Gasteiger partial charge in [-0.3, -0.25) is 9.59 Å². The van der Waals surface area contributed by atoms with Crippen LogP contribution < -0.4 is 14.8 Å². The first-order valence-corrected chi connectivity index (χ1v) is 10.0. The van der Waals surface area contributed by atoms with Crippen molar-refractivity contribution in [2.45, 2.75) is 32.2 Å². The molecule has 6 heteroatoms. The Morgan fingerprint density at radius 1 is 1.07 bits per heavy atom. The molecule has 1 heterocycles. The number of carbonyl (C=O) groups excluding carboxylic acids is 2. The third-order valence-corrected chi connectivity index (χ3v) is 5.10. The van der Waals surface area contributed by atoms with Gasteiger partial charge in [-0.05, 0) is 55.7 Å². The third kappa shape index (κ3) is 5.73. The topological polar surface area (TPSA) is 67.9 Å². The van der Waals surface area contributed by atoms with Gasteiger partial charge in [0.15, 0.2) is 0 Å². The van der Waals surface area contributed by atoms with Crippen molar-refractivity contribution in [3.8, 4) is 11.5 Å². The summed E-state index contributed by atoms with van der Waals surface area (Å²) < 4.78 is 10.6. The van der Waals surface area contributed by atoms with Crippen molar-refractivity contribution in [1.82, 2.24) is 10.2 Å². The summed E-state index contributed by atoms with van der Waals surface area (Å²) in [6, 6.07) is 14.8. The molecule has 1 N–H and O–H groups in total. The molecule has 0 aromatic heterocycles. The zero-order valence-corrected chi connectivity index (χ0v) is 17.0. The molecule has 0 atom stereocenters. The molecule has 0 bridgehead atoms. The fourth-order valence-corrected chi connectivity index (χ4v) is 3.46. The Kier molecular flexibility index (Phi) is 7.11. The van der Waals surface area contributed by atoms with Gasteiger partial charge in [-0.15, -0.1) is 0 Å². The van der Waals surface area contributed by atoms with E-state index in [1.165, 1.54) is 0 Å². The molecule has 29 heavy (non-hydrogen) atoms. The van der Waals surface area contributed by atoms with Crippen LogP contribution in [-0.2, 0) is 11.2 Å². The lowest BCUT2D eigenvalue weighted by Crippen LogP contribution is -2.47. The summed E-state index contributed by atoms with van der Waals surface area (Å²) in [5.74, 6) is 1.48. The molecule has 2 aromatic rings. The number of methoxy groups -OCH3 is 1. The number of nitrogens with zero attached hydrogens (tertiary/aromatic N) is 1. The molecule has 2 amide bonds. The Labute approximate surface area is 171 Å². The molecule has 2 aromatic carbocycles. The van der Waals surface area contributed by atoms with Crippen LogP contribution in [0.5, 0.6) is 11.5 Å². The number of benzene rings is 2. The lowest BCUT2D eigenvalue weighted by Gasteiger charge is -2.32. The number of rotatable bonds is 7. The van der Waals surface area contributed by atoms with Crippen LogP contribution in [0, 0.1) is 0 Å². The van der Waals surface area contributed by atoms with Crippen molar-refractivity contribution >= 4 is 11.8 Å². The van der Waals surface area contributed by atoms with Gasteiger partial charge < -0.3 is 19.7 Å². The Morgan fingerprint density at radius 2 is 1.79 bits per heavy atom. The van der Waals surface area contributed by atoms with Crippen molar-refractivity contribution in [3.63, 3.8) is 0 Å². The van der Waals surface area contributed by atoms with E-state index in [-0.39, 0.29) is 17.9 Å². The molecule has 1 fully saturated rings. The van der Waals surface area contributed by atoms with Gasteiger partial charge in [-0.25, -0.2) is 0 Å². The van der Waals surface area contributed by atoms with E-state index in [4.69, 9.17) is 9.47 Å². The SMILES string of the molecule is CCOc1ccc(CC(=O)N2CCC(NC(=O)c3cccc(OC)c3)CC2)cc1. The fourth-order valence-electron chi connectivity index (χ4n) is 3.46. The summed E-state index contributed by atoms with van der Waals surface area (Å²) in [6.07, 6.45) is 1.89. The maximum atomic E-state index is 12.6. The molecule has 0 saturated carbocycles. The van der Waals surface area contributed by atoms with E-state index < -0.39 is 0 Å². The zero-order valence-electron chi connectivity index (χ0n) is 17.0. The first kappa shape index (κ1) is 20.7. The fraction of sp³-hybridized carbons (Fsp3) is 0.391. The smallest absolute Gasteiger partial charge is 0.251 e. The zero-order chi connectivity index (χ0) is 20.6. The van der Waals surface area contributed by atoms with Crippen LogP contribution in [0.2, 0.25) is 0 Å². The normalized spacial score (nSPS) is 14.3. The molecule has 0 aliphatic carbocycles. The predicted molar refractivity (Wildman–Crippen MR) is 111 cm³/mol. The summed E-state index contributed by atoms with van der Waals surface area (Å²) in [5.41, 5.74) is 1.56. The maximum absolute atomic E-state index is 12.6. The lowest BCUT2D eigenvalue weighted by atomic mass is 10.0. The molecule has 1 saturated heterocycles. The van der Waals surface area contributed by atoms with E-state index in [1.807, 2.05) is 42.2 Å². The van der Waals surface area contributed by atoms with Crippen molar-refractivity contribution in [2.24, 2.45) is 0 Å². The molecule has 6 nitrogen and oxygen atoms in total. The minimum absolute atomic E-state index is 0.0724. The van der Waals surface area contributed by atoms with Crippen LogP contribution in [-0.4, -0.2) is 49.6 Å². The molecular formula is C23H28N2O4. The van der Waals surface area contributed by atoms with Crippen molar-refractivity contribution in [1.29, 1.82) is 0 Å². The highest BCUT2D eigenvalue weighted by molar-refractivity contribution is 5.94. The van der Waals surface area contributed by atoms with Gasteiger partial charge in [-0.1, -0.05) is 18.2 Å². The summed E-state index contributed by atoms with van der Waals surface area (Å²) in [6.45, 7) is 3.87. The molecule has 1 aliphatic heterocycles. The Balaban J connectivity index is 1.46. The van der Waals surface area contributed by atoms with E-state index >= 15 is 0 Å². The standard InChI is InChI=1S/C23H28N2O4/c1-3-29-20-9-7-17(8-10-20)15-22(26)25-13-11-19(12-14-25)24-23(27)18-5-4-6-21(16-18)28-2/h4-10,16,19H,3,11-15H2,1-2H3,(H,24,27). The van der Waals surface area contributed by atoms with Gasteiger partial charge in [0.05, 0.1) is 20.1 Å². The van der Waals surface area contributed by atoms with Gasteiger partial charge in [0.1, 0.15) is 11.5 Å². The highest BCUT2D eigenvalue weighted by Crippen LogP contribution is 2.17. The number of nitrogens with one attached hydrogen (secondary N) is 1. The summed E-state index contributed by atoms with van der Waals surface area (Å²) >= 11 is 0. The first-order chi connectivity index (χ1) is 14.1. The third-order valence-electron chi connectivity index (χ3n) is 5.10. The maximum Gasteiger partial charge on any atom is 0.251 e. The summed E-state index contributed by atoms with van der Waals surface area (Å²) in [7, 11) is 1.58. The minimum atomic E-state index is -0.108. The van der Waals surface area contributed by atoms with E-state index in [0.717, 1.165) is 24.2 Å². The Morgan fingerprint density at radius 3 is 2.45 bits per heavy atom. The van der Waals surface area contributed by atoms with Crippen LogP contribution in [0.1, 0.15) is 35.7 Å². The number of likely N-dealkylation sites (tertiary alicyclic amines) is 1. The Bertz CT molecular complexity index is 827. The van der Waals surface area contributed by atoms with Gasteiger partial charge in [0, 0.05) is 24.7 Å². The number of amides is 2. The van der Waals surface area contributed by atoms with Crippen molar-refractivity contribution < 1.29 is 19.1 Å².